The zero-order valence-electron chi connectivity index (χ0n) is 7.98. The van der Waals surface area contributed by atoms with E-state index in [9.17, 15) is 0 Å². The summed E-state index contributed by atoms with van der Waals surface area (Å²) in [6, 6.07) is 11.7. The third-order valence-corrected chi connectivity index (χ3v) is 2.52. The van der Waals surface area contributed by atoms with E-state index in [1.54, 1.807) is 12.3 Å². The molecule has 0 aliphatic carbocycles. The highest BCUT2D eigenvalue weighted by molar-refractivity contribution is 9.10. The van der Waals surface area contributed by atoms with Crippen LogP contribution in [0.4, 0.5) is 0 Å². The fourth-order valence-electron chi connectivity index (χ4n) is 1.17. The predicted molar refractivity (Wildman–Crippen MR) is 61.5 cm³/mol. The van der Waals surface area contributed by atoms with Crippen LogP contribution in [0.2, 0.25) is 0 Å². The summed E-state index contributed by atoms with van der Waals surface area (Å²) in [5.74, 6) is 0.758. The molecule has 0 spiro atoms. The molecule has 0 bridgehead atoms. The van der Waals surface area contributed by atoms with Crippen LogP contribution in [0, 0.1) is 6.20 Å². The van der Waals surface area contributed by atoms with Gasteiger partial charge in [0, 0.05) is 12.3 Å². The standard InChI is InChI=1S/C12H9BrNO/c13-11-8-14-7-6-12(11)15-9-10-4-2-1-3-5-10/h1-6,8H,9H2. The number of ether oxygens (including phenoxy) is 1. The zero-order chi connectivity index (χ0) is 10.5. The van der Waals surface area contributed by atoms with Crippen molar-refractivity contribution >= 4 is 15.9 Å². The van der Waals surface area contributed by atoms with Crippen molar-refractivity contribution < 1.29 is 4.74 Å². The molecule has 3 heteroatoms. The van der Waals surface area contributed by atoms with Gasteiger partial charge in [-0.15, -0.1) is 0 Å². The molecule has 2 rings (SSSR count). The molecular weight excluding hydrogens is 254 g/mol. The molecule has 0 aliphatic rings. The van der Waals surface area contributed by atoms with E-state index in [0.717, 1.165) is 15.8 Å². The van der Waals surface area contributed by atoms with Gasteiger partial charge in [-0.2, -0.15) is 0 Å². The Hall–Kier alpha value is -1.35. The third kappa shape index (κ3) is 2.80. The van der Waals surface area contributed by atoms with Crippen molar-refractivity contribution in [1.29, 1.82) is 0 Å². The molecule has 0 saturated carbocycles. The first-order chi connectivity index (χ1) is 7.36. The Morgan fingerprint density at radius 2 is 2.07 bits per heavy atom. The summed E-state index contributed by atoms with van der Waals surface area (Å²) in [7, 11) is 0. The highest BCUT2D eigenvalue weighted by Gasteiger charge is 2.00. The van der Waals surface area contributed by atoms with Crippen LogP contribution >= 0.6 is 15.9 Å². The number of pyridine rings is 1. The Morgan fingerprint density at radius 3 is 2.80 bits per heavy atom. The van der Waals surface area contributed by atoms with Crippen LogP contribution in [0.25, 0.3) is 0 Å². The average Bonchev–Trinajstić information content (AvgIpc) is 2.29. The molecule has 1 aromatic carbocycles. The van der Waals surface area contributed by atoms with Crippen LogP contribution in [0.3, 0.4) is 0 Å². The van der Waals surface area contributed by atoms with Crippen LogP contribution in [0.15, 0.2) is 47.1 Å². The lowest BCUT2D eigenvalue weighted by Gasteiger charge is -2.06. The van der Waals surface area contributed by atoms with Crippen LogP contribution in [-0.2, 0) is 6.61 Å². The first-order valence-corrected chi connectivity index (χ1v) is 5.34. The summed E-state index contributed by atoms with van der Waals surface area (Å²) in [6.45, 7) is 0.553. The summed E-state index contributed by atoms with van der Waals surface area (Å²) in [5.41, 5.74) is 1.14. The van der Waals surface area contributed by atoms with Gasteiger partial charge >= 0.3 is 0 Å². The number of halogens is 1. The van der Waals surface area contributed by atoms with Gasteiger partial charge in [0.2, 0.25) is 0 Å². The maximum atomic E-state index is 5.60. The Morgan fingerprint density at radius 1 is 1.27 bits per heavy atom. The van der Waals surface area contributed by atoms with Crippen molar-refractivity contribution in [2.24, 2.45) is 0 Å². The topological polar surface area (TPSA) is 22.1 Å². The van der Waals surface area contributed by atoms with Gasteiger partial charge in [-0.25, -0.2) is 0 Å². The maximum Gasteiger partial charge on any atom is 0.137 e. The van der Waals surface area contributed by atoms with Crippen LogP contribution in [-0.4, -0.2) is 4.98 Å². The van der Waals surface area contributed by atoms with E-state index < -0.39 is 0 Å². The molecule has 0 aliphatic heterocycles. The van der Waals surface area contributed by atoms with Gasteiger partial charge in [-0.3, -0.25) is 4.98 Å². The lowest BCUT2D eigenvalue weighted by Crippen LogP contribution is -1.95. The van der Waals surface area contributed by atoms with Gasteiger partial charge in [0.1, 0.15) is 12.4 Å². The highest BCUT2D eigenvalue weighted by atomic mass is 79.9. The average molecular weight is 263 g/mol. The smallest absolute Gasteiger partial charge is 0.137 e. The lowest BCUT2D eigenvalue weighted by atomic mass is 10.2. The van der Waals surface area contributed by atoms with Gasteiger partial charge in [0.05, 0.1) is 10.7 Å². The molecule has 1 radical (unpaired) electrons. The molecular formula is C12H9BrNO. The molecule has 0 amide bonds. The van der Waals surface area contributed by atoms with Gasteiger partial charge < -0.3 is 4.74 Å². The minimum absolute atomic E-state index is 0.553. The molecule has 0 fully saturated rings. The predicted octanol–water partition coefficient (Wildman–Crippen LogP) is 3.22. The van der Waals surface area contributed by atoms with Gasteiger partial charge in [-0.1, -0.05) is 30.3 Å². The zero-order valence-corrected chi connectivity index (χ0v) is 9.57. The summed E-state index contributed by atoms with van der Waals surface area (Å²) in [5, 5.41) is 0. The van der Waals surface area contributed by atoms with E-state index in [-0.39, 0.29) is 0 Å². The van der Waals surface area contributed by atoms with E-state index in [4.69, 9.17) is 4.74 Å². The molecule has 1 heterocycles. The van der Waals surface area contributed by atoms with Crippen LogP contribution < -0.4 is 4.74 Å². The van der Waals surface area contributed by atoms with E-state index >= 15 is 0 Å². The third-order valence-electron chi connectivity index (χ3n) is 1.92. The van der Waals surface area contributed by atoms with Crippen molar-refractivity contribution in [3.63, 3.8) is 0 Å². The number of aromatic nitrogens is 1. The second-order valence-corrected chi connectivity index (χ2v) is 3.87. The quantitative estimate of drug-likeness (QED) is 0.848. The van der Waals surface area contributed by atoms with E-state index in [1.807, 2.05) is 30.3 Å². The summed E-state index contributed by atoms with van der Waals surface area (Å²) < 4.78 is 6.45. The van der Waals surface area contributed by atoms with Crippen LogP contribution in [0.1, 0.15) is 5.56 Å². The highest BCUT2D eigenvalue weighted by Crippen LogP contribution is 2.23. The molecule has 15 heavy (non-hydrogen) atoms. The molecule has 0 unspecified atom stereocenters. The monoisotopic (exact) mass is 262 g/mol. The Kier molecular flexibility index (Phi) is 3.35. The van der Waals surface area contributed by atoms with Gasteiger partial charge in [-0.05, 0) is 21.5 Å². The molecule has 2 nitrogen and oxygen atoms in total. The van der Waals surface area contributed by atoms with E-state index in [2.05, 4.69) is 27.1 Å². The van der Waals surface area contributed by atoms with Crippen molar-refractivity contribution in [2.45, 2.75) is 6.61 Å². The van der Waals surface area contributed by atoms with Crippen molar-refractivity contribution in [3.8, 4) is 5.75 Å². The SMILES string of the molecule is Brc1cn[c]cc1OCc1ccccc1. The largest absolute Gasteiger partial charge is 0.488 e. The van der Waals surface area contributed by atoms with Crippen molar-refractivity contribution in [2.75, 3.05) is 0 Å². The van der Waals surface area contributed by atoms with Gasteiger partial charge in [0.15, 0.2) is 0 Å². The molecule has 0 atom stereocenters. The van der Waals surface area contributed by atoms with E-state index in [0.29, 0.717) is 6.61 Å². The lowest BCUT2D eigenvalue weighted by molar-refractivity contribution is 0.304. The molecule has 0 N–H and O–H groups in total. The molecule has 1 aromatic heterocycles. The number of nitrogens with zero attached hydrogens (tertiary/aromatic N) is 1. The number of hydrogen-bond donors (Lipinski definition) is 0. The van der Waals surface area contributed by atoms with Crippen LogP contribution in [0.5, 0.6) is 5.75 Å². The summed E-state index contributed by atoms with van der Waals surface area (Å²) in [4.78, 5) is 3.85. The Balaban J connectivity index is 2.03. The van der Waals surface area contributed by atoms with E-state index in [1.165, 1.54) is 0 Å². The number of benzene rings is 1. The maximum absolute atomic E-state index is 5.60. The van der Waals surface area contributed by atoms with Crippen molar-refractivity contribution in [3.05, 3.63) is 58.8 Å². The fraction of sp³-hybridized carbons (Fsp3) is 0.0833. The molecule has 0 saturated heterocycles. The summed E-state index contributed by atoms with van der Waals surface area (Å²) >= 11 is 3.36. The second-order valence-electron chi connectivity index (χ2n) is 3.02. The number of hydrogen-bond acceptors (Lipinski definition) is 2. The Labute approximate surface area is 97.1 Å². The van der Waals surface area contributed by atoms with Crippen molar-refractivity contribution in [1.82, 2.24) is 4.98 Å². The summed E-state index contributed by atoms with van der Waals surface area (Å²) in [6.07, 6.45) is 4.40. The minimum atomic E-state index is 0.553. The number of rotatable bonds is 3. The fourth-order valence-corrected chi connectivity index (χ4v) is 1.50. The first kappa shape index (κ1) is 10.2. The molecule has 75 valence electrons. The first-order valence-electron chi connectivity index (χ1n) is 4.54. The second kappa shape index (κ2) is 4.94. The Bertz CT molecular complexity index is 431. The van der Waals surface area contributed by atoms with Gasteiger partial charge in [0.25, 0.3) is 0 Å². The normalized spacial score (nSPS) is 9.93. The molecule has 2 aromatic rings. The minimum Gasteiger partial charge on any atom is -0.488 e.